The fourth-order valence-corrected chi connectivity index (χ4v) is 2.53. The van der Waals surface area contributed by atoms with Gasteiger partial charge in [-0.05, 0) is 43.2 Å². The van der Waals surface area contributed by atoms with Crippen molar-refractivity contribution in [2.24, 2.45) is 5.73 Å². The van der Waals surface area contributed by atoms with Gasteiger partial charge in [0.1, 0.15) is 11.6 Å². The molecule has 0 radical (unpaired) electrons. The number of phenolic OH excluding ortho intramolecular Hbond substituents is 1. The molecule has 0 spiro atoms. The number of phenols is 1. The number of hydrogen-bond donors (Lipinski definition) is 3. The second kappa shape index (κ2) is 7.65. The first-order chi connectivity index (χ1) is 12.5. The zero-order valence-corrected chi connectivity index (χ0v) is 14.4. The Morgan fingerprint density at radius 1 is 1.12 bits per heavy atom. The SMILES string of the molecule is Cc1cnc(-c2ccc(C(N)=O)cc2)nc1NCCc1ccc(O)cc1. The summed E-state index contributed by atoms with van der Waals surface area (Å²) < 4.78 is 0. The van der Waals surface area contributed by atoms with Crippen LogP contribution in [0.25, 0.3) is 11.4 Å². The van der Waals surface area contributed by atoms with Gasteiger partial charge in [-0.15, -0.1) is 0 Å². The number of primary amides is 1. The minimum Gasteiger partial charge on any atom is -0.508 e. The van der Waals surface area contributed by atoms with Crippen LogP contribution in [0.2, 0.25) is 0 Å². The summed E-state index contributed by atoms with van der Waals surface area (Å²) in [4.78, 5) is 20.1. The van der Waals surface area contributed by atoms with Gasteiger partial charge in [0.15, 0.2) is 5.82 Å². The molecule has 1 heterocycles. The van der Waals surface area contributed by atoms with Gasteiger partial charge in [-0.3, -0.25) is 4.79 Å². The Hall–Kier alpha value is -3.41. The lowest BCUT2D eigenvalue weighted by Gasteiger charge is -2.10. The first-order valence-electron chi connectivity index (χ1n) is 8.28. The van der Waals surface area contributed by atoms with Gasteiger partial charge in [0.25, 0.3) is 0 Å². The van der Waals surface area contributed by atoms with E-state index in [1.165, 1.54) is 0 Å². The fraction of sp³-hybridized carbons (Fsp3) is 0.150. The Balaban J connectivity index is 1.70. The molecule has 0 atom stereocenters. The Morgan fingerprint density at radius 2 is 1.81 bits per heavy atom. The second-order valence-electron chi connectivity index (χ2n) is 6.01. The van der Waals surface area contributed by atoms with Gasteiger partial charge < -0.3 is 16.2 Å². The number of aromatic nitrogens is 2. The van der Waals surface area contributed by atoms with Gasteiger partial charge >= 0.3 is 0 Å². The molecule has 6 heteroatoms. The Bertz CT molecular complexity index is 906. The van der Waals surface area contributed by atoms with E-state index in [0.29, 0.717) is 17.9 Å². The number of benzene rings is 2. The quantitative estimate of drug-likeness (QED) is 0.636. The van der Waals surface area contributed by atoms with Gasteiger partial charge in [0.2, 0.25) is 5.91 Å². The van der Waals surface area contributed by atoms with E-state index in [4.69, 9.17) is 5.73 Å². The summed E-state index contributed by atoms with van der Waals surface area (Å²) in [6, 6.07) is 14.1. The second-order valence-corrected chi connectivity index (χ2v) is 6.01. The summed E-state index contributed by atoms with van der Waals surface area (Å²) in [7, 11) is 0. The first kappa shape index (κ1) is 17.4. The number of hydrogen-bond acceptors (Lipinski definition) is 5. The van der Waals surface area contributed by atoms with Crippen LogP contribution in [-0.2, 0) is 6.42 Å². The largest absolute Gasteiger partial charge is 0.508 e. The van der Waals surface area contributed by atoms with Crippen LogP contribution in [0.4, 0.5) is 5.82 Å². The van der Waals surface area contributed by atoms with Crippen LogP contribution in [0.3, 0.4) is 0 Å². The summed E-state index contributed by atoms with van der Waals surface area (Å²) in [5, 5.41) is 12.7. The smallest absolute Gasteiger partial charge is 0.248 e. The normalized spacial score (nSPS) is 10.5. The number of nitrogens with one attached hydrogen (secondary N) is 1. The lowest BCUT2D eigenvalue weighted by atomic mass is 10.1. The van der Waals surface area contributed by atoms with Crippen molar-refractivity contribution in [3.63, 3.8) is 0 Å². The highest BCUT2D eigenvalue weighted by atomic mass is 16.3. The highest BCUT2D eigenvalue weighted by molar-refractivity contribution is 5.93. The molecule has 3 rings (SSSR count). The molecule has 132 valence electrons. The van der Waals surface area contributed by atoms with Crippen LogP contribution >= 0.6 is 0 Å². The first-order valence-corrected chi connectivity index (χ1v) is 8.28. The fourth-order valence-electron chi connectivity index (χ4n) is 2.53. The molecule has 0 aliphatic carbocycles. The molecule has 4 N–H and O–H groups in total. The molecular formula is C20H20N4O2. The summed E-state index contributed by atoms with van der Waals surface area (Å²) in [6.45, 7) is 2.66. The van der Waals surface area contributed by atoms with Crippen LogP contribution in [0.15, 0.2) is 54.7 Å². The Kier molecular flexibility index (Phi) is 5.12. The molecule has 3 aromatic rings. The van der Waals surface area contributed by atoms with E-state index in [9.17, 15) is 9.90 Å². The third-order valence-corrected chi connectivity index (χ3v) is 4.04. The van der Waals surface area contributed by atoms with Crippen molar-refractivity contribution in [1.29, 1.82) is 0 Å². The molecule has 26 heavy (non-hydrogen) atoms. The van der Waals surface area contributed by atoms with Gasteiger partial charge in [-0.1, -0.05) is 24.3 Å². The van der Waals surface area contributed by atoms with E-state index in [1.807, 2.05) is 19.1 Å². The third kappa shape index (κ3) is 4.16. The molecule has 6 nitrogen and oxygen atoms in total. The predicted octanol–water partition coefficient (Wildman–Crippen LogP) is 2.91. The molecule has 0 bridgehead atoms. The highest BCUT2D eigenvalue weighted by Gasteiger charge is 2.07. The Labute approximate surface area is 151 Å². The molecule has 1 aromatic heterocycles. The number of amides is 1. The Morgan fingerprint density at radius 3 is 2.46 bits per heavy atom. The van der Waals surface area contributed by atoms with Crippen molar-refractivity contribution in [3.8, 4) is 17.1 Å². The number of aromatic hydroxyl groups is 1. The maximum atomic E-state index is 11.2. The van der Waals surface area contributed by atoms with Crippen LogP contribution in [-0.4, -0.2) is 27.5 Å². The van der Waals surface area contributed by atoms with Crippen molar-refractivity contribution in [2.75, 3.05) is 11.9 Å². The van der Waals surface area contributed by atoms with Gasteiger partial charge in [0.05, 0.1) is 0 Å². The van der Waals surface area contributed by atoms with Crippen molar-refractivity contribution >= 4 is 11.7 Å². The average molecular weight is 348 g/mol. The lowest BCUT2D eigenvalue weighted by molar-refractivity contribution is 0.100. The minimum absolute atomic E-state index is 0.264. The standard InChI is InChI=1S/C20H20N4O2/c1-13-12-23-20(16-6-4-15(5-7-16)18(21)26)24-19(13)22-11-10-14-2-8-17(25)9-3-14/h2-9,12,25H,10-11H2,1H3,(H2,21,26)(H,22,23,24). The zero-order chi connectivity index (χ0) is 18.5. The summed E-state index contributed by atoms with van der Waals surface area (Å²) in [5.74, 6) is 1.16. The summed E-state index contributed by atoms with van der Waals surface area (Å²) in [5.41, 5.74) is 8.61. The number of nitrogens with zero attached hydrogens (tertiary/aromatic N) is 2. The number of carbonyl (C=O) groups excluding carboxylic acids is 1. The number of nitrogens with two attached hydrogens (primary N) is 1. The van der Waals surface area contributed by atoms with Gasteiger partial charge in [0, 0.05) is 29.4 Å². The highest BCUT2D eigenvalue weighted by Crippen LogP contribution is 2.19. The molecule has 0 aliphatic heterocycles. The van der Waals surface area contributed by atoms with E-state index in [0.717, 1.165) is 28.9 Å². The zero-order valence-electron chi connectivity index (χ0n) is 14.4. The molecular weight excluding hydrogens is 328 g/mol. The molecule has 0 unspecified atom stereocenters. The van der Waals surface area contributed by atoms with Crippen LogP contribution < -0.4 is 11.1 Å². The molecule has 0 fully saturated rings. The van der Waals surface area contributed by atoms with E-state index in [2.05, 4.69) is 15.3 Å². The molecule has 1 amide bonds. The van der Waals surface area contributed by atoms with Crippen LogP contribution in [0.5, 0.6) is 5.75 Å². The molecule has 0 saturated carbocycles. The third-order valence-electron chi connectivity index (χ3n) is 4.04. The molecule has 0 aliphatic rings. The summed E-state index contributed by atoms with van der Waals surface area (Å²) in [6.07, 6.45) is 2.58. The van der Waals surface area contributed by atoms with E-state index in [1.54, 1.807) is 42.6 Å². The van der Waals surface area contributed by atoms with Crippen molar-refractivity contribution < 1.29 is 9.90 Å². The predicted molar refractivity (Wildman–Crippen MR) is 101 cm³/mol. The van der Waals surface area contributed by atoms with E-state index in [-0.39, 0.29) is 5.75 Å². The average Bonchev–Trinajstić information content (AvgIpc) is 2.65. The number of anilines is 1. The van der Waals surface area contributed by atoms with Crippen molar-refractivity contribution in [1.82, 2.24) is 9.97 Å². The monoisotopic (exact) mass is 348 g/mol. The maximum Gasteiger partial charge on any atom is 0.248 e. The topological polar surface area (TPSA) is 101 Å². The molecule has 2 aromatic carbocycles. The van der Waals surface area contributed by atoms with Crippen molar-refractivity contribution in [2.45, 2.75) is 13.3 Å². The molecule has 0 saturated heterocycles. The van der Waals surface area contributed by atoms with Crippen LogP contribution in [0.1, 0.15) is 21.5 Å². The number of rotatable bonds is 6. The van der Waals surface area contributed by atoms with E-state index < -0.39 is 5.91 Å². The maximum absolute atomic E-state index is 11.2. The van der Waals surface area contributed by atoms with Gasteiger partial charge in [-0.25, -0.2) is 9.97 Å². The van der Waals surface area contributed by atoms with Crippen molar-refractivity contribution in [3.05, 3.63) is 71.4 Å². The van der Waals surface area contributed by atoms with Crippen LogP contribution in [0, 0.1) is 6.92 Å². The summed E-state index contributed by atoms with van der Waals surface area (Å²) >= 11 is 0. The minimum atomic E-state index is -0.460. The lowest BCUT2D eigenvalue weighted by Crippen LogP contribution is -2.10. The number of carbonyl (C=O) groups is 1. The number of aryl methyl sites for hydroxylation is 1. The van der Waals surface area contributed by atoms with E-state index >= 15 is 0 Å². The van der Waals surface area contributed by atoms with Gasteiger partial charge in [-0.2, -0.15) is 0 Å².